The number of carbonyl (C=O) groups is 2. The number of ether oxygens (including phenoxy) is 2. The van der Waals surface area contributed by atoms with Crippen molar-refractivity contribution in [1.29, 1.82) is 0 Å². The molecule has 5 nitrogen and oxygen atoms in total. The molecule has 116 valence electrons. The Labute approximate surface area is 129 Å². The quantitative estimate of drug-likeness (QED) is 0.780. The van der Waals surface area contributed by atoms with E-state index >= 15 is 0 Å². The van der Waals surface area contributed by atoms with Crippen molar-refractivity contribution in [2.75, 3.05) is 13.2 Å². The first kappa shape index (κ1) is 13.9. The van der Waals surface area contributed by atoms with Crippen molar-refractivity contribution in [1.82, 2.24) is 4.90 Å². The number of carbonyl (C=O) groups excluding carboxylic acids is 2. The Morgan fingerprint density at radius 3 is 2.45 bits per heavy atom. The topological polar surface area (TPSA) is 55.8 Å². The first-order valence-corrected chi connectivity index (χ1v) is 7.86. The molecule has 3 fully saturated rings. The molecule has 2 saturated heterocycles. The van der Waals surface area contributed by atoms with Crippen LogP contribution in [0, 0.1) is 11.8 Å². The summed E-state index contributed by atoms with van der Waals surface area (Å²) < 4.78 is 11.4. The first-order valence-electron chi connectivity index (χ1n) is 7.86. The molecule has 0 radical (unpaired) electrons. The molecule has 4 rings (SSSR count). The fourth-order valence-electron chi connectivity index (χ4n) is 3.90. The van der Waals surface area contributed by atoms with Gasteiger partial charge in [0.15, 0.2) is 5.79 Å². The Kier molecular flexibility index (Phi) is 3.27. The minimum atomic E-state index is -0.625. The number of rotatable bonds is 2. The molecular formula is C17H19NO4. The average molecular weight is 301 g/mol. The van der Waals surface area contributed by atoms with Gasteiger partial charge in [-0.15, -0.1) is 0 Å². The van der Waals surface area contributed by atoms with Gasteiger partial charge in [-0.25, -0.2) is 0 Å². The largest absolute Gasteiger partial charge is 0.348 e. The normalized spacial score (nSPS) is 30.1. The molecule has 2 atom stereocenters. The molecule has 3 aliphatic rings. The third-order valence-electron chi connectivity index (χ3n) is 5.02. The second-order valence-corrected chi connectivity index (χ2v) is 6.31. The van der Waals surface area contributed by atoms with Crippen LogP contribution >= 0.6 is 0 Å². The van der Waals surface area contributed by atoms with Crippen LogP contribution in [0.15, 0.2) is 30.3 Å². The zero-order valence-corrected chi connectivity index (χ0v) is 12.4. The summed E-state index contributed by atoms with van der Waals surface area (Å²) in [6.45, 7) is 1.51. The standard InChI is InChI=1S/C17H19NO4/c19-15-13-6-7-17(21-8-9-22-17)10-14(13)16(20)18(15)11-12-4-2-1-3-5-12/h1-5,13-14H,6-11H2/t13-,14-/m1/s1. The van der Waals surface area contributed by atoms with Gasteiger partial charge in [-0.2, -0.15) is 0 Å². The van der Waals surface area contributed by atoms with Gasteiger partial charge in [0.25, 0.3) is 0 Å². The number of benzene rings is 1. The van der Waals surface area contributed by atoms with Crippen LogP contribution in [0.4, 0.5) is 0 Å². The summed E-state index contributed by atoms with van der Waals surface area (Å²) in [5, 5.41) is 0. The maximum absolute atomic E-state index is 12.7. The van der Waals surface area contributed by atoms with Crippen LogP contribution in [0.1, 0.15) is 24.8 Å². The van der Waals surface area contributed by atoms with Gasteiger partial charge < -0.3 is 9.47 Å². The summed E-state index contributed by atoms with van der Waals surface area (Å²) in [4.78, 5) is 26.7. The van der Waals surface area contributed by atoms with Crippen LogP contribution in [-0.2, 0) is 25.6 Å². The molecule has 0 N–H and O–H groups in total. The number of fused-ring (bicyclic) bond motifs is 1. The van der Waals surface area contributed by atoms with Gasteiger partial charge in [-0.05, 0) is 12.0 Å². The lowest BCUT2D eigenvalue weighted by atomic mass is 9.77. The minimum Gasteiger partial charge on any atom is -0.348 e. The maximum Gasteiger partial charge on any atom is 0.233 e. The van der Waals surface area contributed by atoms with Gasteiger partial charge in [0.1, 0.15) is 0 Å². The molecule has 1 aromatic carbocycles. The molecule has 5 heteroatoms. The van der Waals surface area contributed by atoms with Crippen molar-refractivity contribution in [2.45, 2.75) is 31.6 Å². The minimum absolute atomic E-state index is 0.0355. The van der Waals surface area contributed by atoms with Crippen LogP contribution in [0.2, 0.25) is 0 Å². The van der Waals surface area contributed by atoms with Gasteiger partial charge in [0, 0.05) is 12.8 Å². The number of hydrogen-bond acceptors (Lipinski definition) is 4. The molecule has 1 saturated carbocycles. The molecule has 2 amide bonds. The first-order chi connectivity index (χ1) is 10.7. The predicted octanol–water partition coefficient (Wildman–Crippen LogP) is 1.71. The highest BCUT2D eigenvalue weighted by Crippen LogP contribution is 2.46. The van der Waals surface area contributed by atoms with Crippen LogP contribution < -0.4 is 0 Å². The molecule has 0 aromatic heterocycles. The molecule has 2 heterocycles. The van der Waals surface area contributed by atoms with E-state index in [2.05, 4.69) is 0 Å². The van der Waals surface area contributed by atoms with Crippen LogP contribution in [-0.4, -0.2) is 35.7 Å². The van der Waals surface area contributed by atoms with Gasteiger partial charge >= 0.3 is 0 Å². The van der Waals surface area contributed by atoms with Crippen LogP contribution in [0.5, 0.6) is 0 Å². The fraction of sp³-hybridized carbons (Fsp3) is 0.529. The lowest BCUT2D eigenvalue weighted by molar-refractivity contribution is -0.193. The van der Waals surface area contributed by atoms with E-state index in [0.717, 1.165) is 5.56 Å². The van der Waals surface area contributed by atoms with Gasteiger partial charge in [-0.1, -0.05) is 30.3 Å². The van der Waals surface area contributed by atoms with Crippen molar-refractivity contribution in [3.05, 3.63) is 35.9 Å². The fourth-order valence-corrected chi connectivity index (χ4v) is 3.90. The second kappa shape index (κ2) is 5.18. The summed E-state index contributed by atoms with van der Waals surface area (Å²) in [6, 6.07) is 9.64. The van der Waals surface area contributed by atoms with Crippen molar-refractivity contribution in [3.63, 3.8) is 0 Å². The highest BCUT2D eigenvalue weighted by atomic mass is 16.7. The van der Waals surface area contributed by atoms with E-state index in [1.807, 2.05) is 30.3 Å². The van der Waals surface area contributed by atoms with E-state index in [-0.39, 0.29) is 23.7 Å². The van der Waals surface area contributed by atoms with Crippen molar-refractivity contribution in [3.8, 4) is 0 Å². The predicted molar refractivity (Wildman–Crippen MR) is 77.5 cm³/mol. The van der Waals surface area contributed by atoms with E-state index in [1.165, 1.54) is 4.90 Å². The van der Waals surface area contributed by atoms with Crippen LogP contribution in [0.3, 0.4) is 0 Å². The average Bonchev–Trinajstić information content (AvgIpc) is 3.08. The molecule has 0 unspecified atom stereocenters. The second-order valence-electron chi connectivity index (χ2n) is 6.31. The molecule has 22 heavy (non-hydrogen) atoms. The Hall–Kier alpha value is -1.72. The number of likely N-dealkylation sites (tertiary alicyclic amines) is 1. The third-order valence-corrected chi connectivity index (χ3v) is 5.02. The Morgan fingerprint density at radius 1 is 1.05 bits per heavy atom. The van der Waals surface area contributed by atoms with Crippen molar-refractivity contribution in [2.24, 2.45) is 11.8 Å². The van der Waals surface area contributed by atoms with Gasteiger partial charge in [0.05, 0.1) is 31.6 Å². The van der Waals surface area contributed by atoms with Crippen LogP contribution in [0.25, 0.3) is 0 Å². The molecule has 1 spiro atoms. The smallest absolute Gasteiger partial charge is 0.233 e. The Balaban J connectivity index is 1.54. The van der Waals surface area contributed by atoms with Crippen molar-refractivity contribution < 1.29 is 19.1 Å². The number of hydrogen-bond donors (Lipinski definition) is 0. The Morgan fingerprint density at radius 2 is 1.73 bits per heavy atom. The van der Waals surface area contributed by atoms with E-state index in [9.17, 15) is 9.59 Å². The molecule has 1 aromatic rings. The van der Waals surface area contributed by atoms with E-state index < -0.39 is 5.79 Å². The molecule has 1 aliphatic carbocycles. The maximum atomic E-state index is 12.7. The van der Waals surface area contributed by atoms with Gasteiger partial charge in [-0.3, -0.25) is 14.5 Å². The molecule has 2 aliphatic heterocycles. The monoisotopic (exact) mass is 301 g/mol. The highest BCUT2D eigenvalue weighted by Gasteiger charge is 2.55. The third kappa shape index (κ3) is 2.16. The summed E-state index contributed by atoms with van der Waals surface area (Å²) >= 11 is 0. The lowest BCUT2D eigenvalue weighted by Crippen LogP contribution is -2.41. The zero-order chi connectivity index (χ0) is 15.2. The zero-order valence-electron chi connectivity index (χ0n) is 12.4. The summed E-state index contributed by atoms with van der Waals surface area (Å²) in [6.07, 6.45) is 1.88. The number of nitrogens with zero attached hydrogens (tertiary/aromatic N) is 1. The van der Waals surface area contributed by atoms with Crippen molar-refractivity contribution >= 4 is 11.8 Å². The molecule has 0 bridgehead atoms. The van der Waals surface area contributed by atoms with E-state index in [0.29, 0.717) is 39.0 Å². The lowest BCUT2D eigenvalue weighted by Gasteiger charge is -2.35. The Bertz CT molecular complexity index is 594. The number of amides is 2. The summed E-state index contributed by atoms with van der Waals surface area (Å²) in [5.74, 6) is -1.22. The van der Waals surface area contributed by atoms with Gasteiger partial charge in [0.2, 0.25) is 11.8 Å². The number of imide groups is 1. The molecular weight excluding hydrogens is 282 g/mol. The summed E-state index contributed by atoms with van der Waals surface area (Å²) in [5.41, 5.74) is 0.978. The SMILES string of the molecule is O=C1[C@@H]2CCC3(C[C@H]2C(=O)N1Cc1ccccc1)OCCO3. The highest BCUT2D eigenvalue weighted by molar-refractivity contribution is 6.05. The summed E-state index contributed by atoms with van der Waals surface area (Å²) in [7, 11) is 0. The van der Waals surface area contributed by atoms with E-state index in [1.54, 1.807) is 0 Å². The van der Waals surface area contributed by atoms with E-state index in [4.69, 9.17) is 9.47 Å².